The SMILES string of the molecule is COC(=O)N[C@H](C(=O)N1CCC[C@H]1c1ncc(-c2ccc3c(c2)C2CCC3c3cc(-c4cnc([C@@H]5CCCN5C(=O)[C@@H](NC(=O)OC)[C@@H](C)OC)[nH]4)ccc32)[nH]1)[C@@H](C)OC. The number of hydrogen-bond acceptors (Lipinski definition) is 10. The zero-order valence-corrected chi connectivity index (χ0v) is 34.9. The second-order valence-electron chi connectivity index (χ2n) is 16.2. The lowest BCUT2D eigenvalue weighted by molar-refractivity contribution is -0.138. The zero-order chi connectivity index (χ0) is 42.2. The van der Waals surface area contributed by atoms with Gasteiger partial charge in [0.1, 0.15) is 23.7 Å². The Morgan fingerprint density at radius 2 is 1.05 bits per heavy atom. The standard InChI is InChI=1S/C44H54N8O8/c1-23(57-3)37(49-43(55)59-5)41(53)51-17-7-9-35(51)39-45-21-33(47-39)25-11-13-27-30-16-15-29(31(27)19-25)28-14-12-26(20-32(28)30)34-22-46-40(48-34)36-10-8-18-52(36)42(54)38(24(2)58-4)50-44(56)60-6/h11-14,19-24,29-30,35-38H,7-10,15-18H2,1-6H3,(H,45,47)(H,46,48)(H,49,55)(H,50,56)/t23-,24-,29?,30?,35+,36+,37+,38+/m1/s1. The van der Waals surface area contributed by atoms with E-state index in [2.05, 4.69) is 57.0 Å². The summed E-state index contributed by atoms with van der Waals surface area (Å²) in [6.45, 7) is 4.59. The zero-order valence-electron chi connectivity index (χ0n) is 34.9. The topological polar surface area (TPSA) is 193 Å². The molecule has 318 valence electrons. The minimum atomic E-state index is -0.896. The summed E-state index contributed by atoms with van der Waals surface area (Å²) in [5.41, 5.74) is 9.21. The smallest absolute Gasteiger partial charge is 0.407 e. The number of nitrogens with one attached hydrogen (secondary N) is 4. The lowest BCUT2D eigenvalue weighted by Gasteiger charge is -2.40. The van der Waals surface area contributed by atoms with Crippen molar-refractivity contribution in [3.63, 3.8) is 0 Å². The van der Waals surface area contributed by atoms with Crippen LogP contribution < -0.4 is 10.6 Å². The molecule has 2 unspecified atom stereocenters. The highest BCUT2D eigenvalue weighted by molar-refractivity contribution is 5.87. The van der Waals surface area contributed by atoms with Crippen molar-refractivity contribution in [1.82, 2.24) is 40.4 Å². The molecule has 16 nitrogen and oxygen atoms in total. The molecule has 0 saturated carbocycles. The molecule has 0 spiro atoms. The molecule has 0 radical (unpaired) electrons. The first kappa shape index (κ1) is 41.0. The van der Waals surface area contributed by atoms with Crippen LogP contribution in [-0.2, 0) is 28.5 Å². The maximum Gasteiger partial charge on any atom is 0.407 e. The van der Waals surface area contributed by atoms with Crippen molar-refractivity contribution in [2.75, 3.05) is 41.5 Å². The summed E-state index contributed by atoms with van der Waals surface area (Å²) >= 11 is 0. The van der Waals surface area contributed by atoms with Crippen molar-refractivity contribution in [3.05, 3.63) is 82.7 Å². The second-order valence-corrected chi connectivity index (χ2v) is 16.2. The van der Waals surface area contributed by atoms with Gasteiger partial charge in [-0.2, -0.15) is 0 Å². The fraction of sp³-hybridized carbons (Fsp3) is 0.500. The van der Waals surface area contributed by atoms with Gasteiger partial charge in [0.25, 0.3) is 0 Å². The highest BCUT2D eigenvalue weighted by Gasteiger charge is 2.41. The number of rotatable bonds is 12. The summed E-state index contributed by atoms with van der Waals surface area (Å²) in [7, 11) is 5.55. The molecule has 4 heterocycles. The molecule has 2 saturated heterocycles. The average molecular weight is 823 g/mol. The van der Waals surface area contributed by atoms with E-state index in [9.17, 15) is 19.2 Å². The van der Waals surface area contributed by atoms with E-state index in [-0.39, 0.29) is 35.7 Å². The third-order valence-corrected chi connectivity index (χ3v) is 13.1. The summed E-state index contributed by atoms with van der Waals surface area (Å²) in [6.07, 6.45) is 6.47. The number of methoxy groups -OCH3 is 4. The van der Waals surface area contributed by atoms with Gasteiger partial charge >= 0.3 is 12.2 Å². The van der Waals surface area contributed by atoms with Crippen LogP contribution >= 0.6 is 0 Å². The Balaban J connectivity index is 0.990. The highest BCUT2D eigenvalue weighted by atomic mass is 16.5. The van der Waals surface area contributed by atoms with Crippen LogP contribution in [0.5, 0.6) is 0 Å². The number of carbonyl (C=O) groups is 4. The van der Waals surface area contributed by atoms with Gasteiger partial charge in [-0.3, -0.25) is 9.59 Å². The molecule has 2 bridgehead atoms. The second kappa shape index (κ2) is 17.1. The van der Waals surface area contributed by atoms with Gasteiger partial charge in [-0.15, -0.1) is 0 Å². The molecule has 2 fully saturated rings. The van der Waals surface area contributed by atoms with Crippen LogP contribution in [0.25, 0.3) is 22.5 Å². The summed E-state index contributed by atoms with van der Waals surface area (Å²) < 4.78 is 20.4. The molecule has 60 heavy (non-hydrogen) atoms. The number of nitrogens with zero attached hydrogens (tertiary/aromatic N) is 4. The Kier molecular flexibility index (Phi) is 11.7. The Labute approximate surface area is 349 Å². The molecule has 2 aromatic carbocycles. The Morgan fingerprint density at radius 1 is 0.633 bits per heavy atom. The number of H-pyrrole nitrogens is 2. The van der Waals surface area contributed by atoms with Gasteiger partial charge in [-0.25, -0.2) is 19.6 Å². The number of ether oxygens (including phenoxy) is 4. The minimum Gasteiger partial charge on any atom is -0.453 e. The summed E-state index contributed by atoms with van der Waals surface area (Å²) in [5.74, 6) is 1.48. The van der Waals surface area contributed by atoms with Gasteiger partial charge in [-0.1, -0.05) is 24.3 Å². The van der Waals surface area contributed by atoms with Crippen molar-refractivity contribution in [2.24, 2.45) is 0 Å². The minimum absolute atomic E-state index is 0.236. The van der Waals surface area contributed by atoms with Crippen molar-refractivity contribution < 1.29 is 38.1 Å². The van der Waals surface area contributed by atoms with Crippen molar-refractivity contribution in [1.29, 1.82) is 0 Å². The largest absolute Gasteiger partial charge is 0.453 e. The van der Waals surface area contributed by atoms with E-state index in [1.54, 1.807) is 23.6 Å². The van der Waals surface area contributed by atoms with Crippen LogP contribution in [-0.4, -0.2) is 120 Å². The number of imidazole rings is 2. The number of fused-ring (bicyclic) bond motifs is 1. The number of carbonyl (C=O) groups excluding carboxylic acids is 4. The maximum absolute atomic E-state index is 13.8. The van der Waals surface area contributed by atoms with E-state index in [0.29, 0.717) is 24.7 Å². The molecular weight excluding hydrogens is 769 g/mol. The molecule has 8 atom stereocenters. The van der Waals surface area contributed by atoms with Crippen LogP contribution in [0, 0.1) is 0 Å². The maximum atomic E-state index is 13.8. The Hall–Kier alpha value is -5.74. The monoisotopic (exact) mass is 822 g/mol. The quantitative estimate of drug-likeness (QED) is 0.138. The van der Waals surface area contributed by atoms with E-state index in [1.807, 2.05) is 12.4 Å². The van der Waals surface area contributed by atoms with Crippen LogP contribution in [0.2, 0.25) is 0 Å². The van der Waals surface area contributed by atoms with Gasteiger partial charge in [0.2, 0.25) is 11.8 Å². The number of amides is 4. The summed E-state index contributed by atoms with van der Waals surface area (Å²) in [5, 5.41) is 5.29. The number of likely N-dealkylation sites (tertiary alicyclic amines) is 2. The lowest BCUT2D eigenvalue weighted by atomic mass is 9.63. The number of benzene rings is 2. The molecule has 16 heteroatoms. The van der Waals surface area contributed by atoms with Crippen LogP contribution in [0.15, 0.2) is 48.8 Å². The van der Waals surface area contributed by atoms with Crippen molar-refractivity contribution in [2.45, 2.75) is 101 Å². The highest BCUT2D eigenvalue weighted by Crippen LogP contribution is 2.54. The van der Waals surface area contributed by atoms with Gasteiger partial charge in [-0.05, 0) is 97.9 Å². The first-order valence-corrected chi connectivity index (χ1v) is 20.8. The van der Waals surface area contributed by atoms with E-state index in [1.165, 1.54) is 50.7 Å². The van der Waals surface area contributed by atoms with Gasteiger partial charge in [0, 0.05) is 39.1 Å². The fourth-order valence-electron chi connectivity index (χ4n) is 9.71. The molecule has 2 aromatic heterocycles. The predicted molar refractivity (Wildman–Crippen MR) is 220 cm³/mol. The van der Waals surface area contributed by atoms with Gasteiger partial charge < -0.3 is 49.3 Å². The molecule has 2 aliphatic heterocycles. The van der Waals surface area contributed by atoms with Crippen molar-refractivity contribution in [3.8, 4) is 22.5 Å². The average Bonchev–Trinajstić information content (AvgIpc) is 4.13. The van der Waals surface area contributed by atoms with E-state index >= 15 is 0 Å². The summed E-state index contributed by atoms with van der Waals surface area (Å²) in [4.78, 5) is 71.9. The molecule has 5 aliphatic rings. The molecule has 4 aromatic rings. The first-order chi connectivity index (χ1) is 29.0. The van der Waals surface area contributed by atoms with Gasteiger partial charge in [0.15, 0.2) is 0 Å². The normalized spacial score (nSPS) is 22.4. The number of aromatic amines is 2. The molecule has 4 amide bonds. The number of alkyl carbamates (subject to hydrolysis) is 2. The molecule has 4 N–H and O–H groups in total. The van der Waals surface area contributed by atoms with Gasteiger partial charge in [0.05, 0.1) is 62.3 Å². The Morgan fingerprint density at radius 3 is 1.43 bits per heavy atom. The Bertz CT molecular complexity index is 2100. The van der Waals surface area contributed by atoms with E-state index < -0.39 is 36.5 Å². The molecule has 9 rings (SSSR count). The van der Waals surface area contributed by atoms with Crippen LogP contribution in [0.1, 0.15) is 110 Å². The van der Waals surface area contributed by atoms with Crippen LogP contribution in [0.4, 0.5) is 9.59 Å². The van der Waals surface area contributed by atoms with E-state index in [4.69, 9.17) is 28.9 Å². The molecular formula is C44H54N8O8. The lowest BCUT2D eigenvalue weighted by Crippen LogP contribution is -2.54. The number of aromatic nitrogens is 4. The van der Waals surface area contributed by atoms with Crippen molar-refractivity contribution >= 4 is 24.0 Å². The first-order valence-electron chi connectivity index (χ1n) is 20.8. The van der Waals surface area contributed by atoms with Crippen LogP contribution in [0.3, 0.4) is 0 Å². The summed E-state index contributed by atoms with van der Waals surface area (Å²) in [6, 6.07) is 11.1. The number of hydrogen-bond donors (Lipinski definition) is 4. The third-order valence-electron chi connectivity index (χ3n) is 13.1. The molecule has 3 aliphatic carbocycles. The van der Waals surface area contributed by atoms with E-state index in [0.717, 1.165) is 61.0 Å². The predicted octanol–water partition coefficient (Wildman–Crippen LogP) is 5.68. The fourth-order valence-corrected chi connectivity index (χ4v) is 9.71. The third kappa shape index (κ3) is 7.51.